The Morgan fingerprint density at radius 3 is 2.63 bits per heavy atom. The summed E-state index contributed by atoms with van der Waals surface area (Å²) >= 11 is 1.46. The summed E-state index contributed by atoms with van der Waals surface area (Å²) in [6.45, 7) is 6.52. The molecule has 8 heteroatoms. The second-order valence-electron chi connectivity index (χ2n) is 7.90. The zero-order valence-electron chi connectivity index (χ0n) is 17.6. The fourth-order valence-electron chi connectivity index (χ4n) is 3.79. The van der Waals surface area contributed by atoms with E-state index in [2.05, 4.69) is 15.4 Å². The first kappa shape index (κ1) is 20.5. The molecule has 1 aliphatic rings. The van der Waals surface area contributed by atoms with Crippen LogP contribution in [0.5, 0.6) is 5.75 Å². The molecule has 3 aromatic rings. The fourth-order valence-corrected chi connectivity index (χ4v) is 4.47. The molecule has 1 saturated carbocycles. The molecule has 1 fully saturated rings. The minimum Gasteiger partial charge on any atom is -0.490 e. The van der Waals surface area contributed by atoms with Gasteiger partial charge in [-0.15, -0.1) is 11.3 Å². The Hall–Kier alpha value is -2.74. The second kappa shape index (κ2) is 8.95. The first-order valence-corrected chi connectivity index (χ1v) is 11.2. The Balaban J connectivity index is 1.54. The van der Waals surface area contributed by atoms with Crippen LogP contribution >= 0.6 is 11.3 Å². The van der Waals surface area contributed by atoms with Gasteiger partial charge in [-0.05, 0) is 52.5 Å². The summed E-state index contributed by atoms with van der Waals surface area (Å²) in [6.07, 6.45) is 6.73. The highest BCUT2D eigenvalue weighted by molar-refractivity contribution is 7.15. The zero-order chi connectivity index (χ0) is 21.1. The topological polar surface area (TPSA) is 81.9 Å². The minimum atomic E-state index is -0.132. The van der Waals surface area contributed by atoms with Gasteiger partial charge < -0.3 is 10.1 Å². The molecule has 30 heavy (non-hydrogen) atoms. The number of hydrogen-bond donors (Lipinski definition) is 1. The second-order valence-corrected chi connectivity index (χ2v) is 9.13. The Morgan fingerprint density at radius 1 is 1.20 bits per heavy atom. The van der Waals surface area contributed by atoms with E-state index in [1.165, 1.54) is 24.2 Å². The Morgan fingerprint density at radius 2 is 1.97 bits per heavy atom. The van der Waals surface area contributed by atoms with Crippen LogP contribution in [0.25, 0.3) is 0 Å². The molecule has 0 spiro atoms. The number of aryl methyl sites for hydroxylation is 3. The minimum absolute atomic E-state index is 0.132. The van der Waals surface area contributed by atoms with Crippen LogP contribution in [0.3, 0.4) is 0 Å². The number of aromatic nitrogens is 4. The number of carbonyl (C=O) groups is 1. The maximum atomic E-state index is 12.5. The Labute approximate surface area is 180 Å². The number of rotatable bonds is 7. The molecule has 1 amide bonds. The lowest BCUT2D eigenvalue weighted by atomic mass is 10.2. The molecule has 0 aromatic carbocycles. The molecule has 0 unspecified atom stereocenters. The molecule has 4 rings (SSSR count). The number of carbonyl (C=O) groups excluding carboxylic acids is 1. The first-order chi connectivity index (χ1) is 14.4. The van der Waals surface area contributed by atoms with Gasteiger partial charge in [0.1, 0.15) is 5.75 Å². The summed E-state index contributed by atoms with van der Waals surface area (Å²) in [7, 11) is 0. The maximum Gasteiger partial charge on any atom is 0.232 e. The predicted molar refractivity (Wildman–Crippen MR) is 117 cm³/mol. The van der Waals surface area contributed by atoms with E-state index >= 15 is 0 Å². The van der Waals surface area contributed by atoms with Gasteiger partial charge in [-0.25, -0.2) is 4.98 Å². The quantitative estimate of drug-likeness (QED) is 0.613. The van der Waals surface area contributed by atoms with E-state index in [0.29, 0.717) is 17.4 Å². The van der Waals surface area contributed by atoms with Crippen LogP contribution in [0, 0.1) is 20.8 Å². The molecule has 158 valence electrons. The number of thiazole rings is 1. The lowest BCUT2D eigenvalue weighted by molar-refractivity contribution is -0.115. The summed E-state index contributed by atoms with van der Waals surface area (Å²) in [5.41, 5.74) is 3.58. The molecule has 1 aliphatic carbocycles. The normalized spacial score (nSPS) is 14.2. The zero-order valence-corrected chi connectivity index (χ0v) is 18.5. The van der Waals surface area contributed by atoms with Gasteiger partial charge in [0.25, 0.3) is 0 Å². The highest BCUT2D eigenvalue weighted by Gasteiger charge is 2.18. The van der Waals surface area contributed by atoms with Crippen LogP contribution < -0.4 is 10.1 Å². The number of nitrogens with one attached hydrogen (secondary N) is 1. The smallest absolute Gasteiger partial charge is 0.232 e. The standard InChI is InChI=1S/C22H27N5O2S/c1-14-8-15(2)27(26-14)13-18-10-20(29-19-6-4-5-7-19)9-17(24-18)11-21(28)25-22-23-12-16(3)30-22/h8-10,12,19H,4-7,11,13H2,1-3H3,(H,23,25,28). The van der Waals surface area contributed by atoms with Crippen LogP contribution in [-0.2, 0) is 17.8 Å². The number of nitrogens with zero attached hydrogens (tertiary/aromatic N) is 4. The van der Waals surface area contributed by atoms with Crippen LogP contribution in [0.2, 0.25) is 0 Å². The molecule has 0 radical (unpaired) electrons. The van der Waals surface area contributed by atoms with E-state index < -0.39 is 0 Å². The van der Waals surface area contributed by atoms with E-state index in [-0.39, 0.29) is 18.4 Å². The third-order valence-electron chi connectivity index (χ3n) is 5.13. The molecule has 0 saturated heterocycles. The van der Waals surface area contributed by atoms with Crippen molar-refractivity contribution in [2.24, 2.45) is 0 Å². The molecule has 0 aliphatic heterocycles. The largest absolute Gasteiger partial charge is 0.490 e. The summed E-state index contributed by atoms with van der Waals surface area (Å²) in [5, 5.41) is 8.00. The molecule has 1 N–H and O–H groups in total. The van der Waals surface area contributed by atoms with Crippen molar-refractivity contribution in [2.45, 2.75) is 65.5 Å². The highest BCUT2D eigenvalue weighted by atomic mass is 32.1. The lowest BCUT2D eigenvalue weighted by Gasteiger charge is -2.15. The van der Waals surface area contributed by atoms with Gasteiger partial charge >= 0.3 is 0 Å². The van der Waals surface area contributed by atoms with E-state index in [1.807, 2.05) is 43.7 Å². The van der Waals surface area contributed by atoms with E-state index in [9.17, 15) is 4.79 Å². The van der Waals surface area contributed by atoms with Gasteiger partial charge in [-0.2, -0.15) is 5.10 Å². The maximum absolute atomic E-state index is 12.5. The summed E-state index contributed by atoms with van der Waals surface area (Å²) in [4.78, 5) is 22.5. The Kier molecular flexibility index (Phi) is 6.13. The molecule has 0 atom stereocenters. The molecule has 3 aromatic heterocycles. The van der Waals surface area contributed by atoms with Crippen LogP contribution in [0.1, 0.15) is 53.3 Å². The van der Waals surface area contributed by atoms with E-state index in [0.717, 1.165) is 40.6 Å². The van der Waals surface area contributed by atoms with Crippen molar-refractivity contribution in [3.05, 3.63) is 52.0 Å². The first-order valence-electron chi connectivity index (χ1n) is 10.3. The molecule has 0 bridgehead atoms. The van der Waals surface area contributed by atoms with E-state index in [4.69, 9.17) is 9.72 Å². The van der Waals surface area contributed by atoms with Crippen molar-refractivity contribution in [2.75, 3.05) is 5.32 Å². The molecule has 7 nitrogen and oxygen atoms in total. The van der Waals surface area contributed by atoms with Crippen molar-refractivity contribution in [3.63, 3.8) is 0 Å². The van der Waals surface area contributed by atoms with Gasteiger partial charge in [0.15, 0.2) is 5.13 Å². The number of anilines is 1. The van der Waals surface area contributed by atoms with Crippen molar-refractivity contribution >= 4 is 22.4 Å². The lowest BCUT2D eigenvalue weighted by Crippen LogP contribution is -2.17. The average Bonchev–Trinajstić information content (AvgIpc) is 3.38. The number of ether oxygens (including phenoxy) is 1. The fraction of sp³-hybridized carbons (Fsp3) is 0.455. The van der Waals surface area contributed by atoms with Gasteiger partial charge in [0, 0.05) is 28.9 Å². The van der Waals surface area contributed by atoms with Crippen molar-refractivity contribution in [1.29, 1.82) is 0 Å². The summed E-state index contributed by atoms with van der Waals surface area (Å²) in [6, 6.07) is 5.90. The number of amides is 1. The van der Waals surface area contributed by atoms with Crippen molar-refractivity contribution in [1.82, 2.24) is 19.7 Å². The third kappa shape index (κ3) is 5.24. The van der Waals surface area contributed by atoms with Gasteiger partial charge in [-0.3, -0.25) is 14.5 Å². The van der Waals surface area contributed by atoms with E-state index in [1.54, 1.807) is 6.20 Å². The monoisotopic (exact) mass is 425 g/mol. The molecular weight excluding hydrogens is 398 g/mol. The Bertz CT molecular complexity index is 1040. The summed E-state index contributed by atoms with van der Waals surface area (Å²) < 4.78 is 8.15. The van der Waals surface area contributed by atoms with Gasteiger partial charge in [0.2, 0.25) is 5.91 Å². The predicted octanol–water partition coefficient (Wildman–Crippen LogP) is 4.21. The van der Waals surface area contributed by atoms with Crippen molar-refractivity contribution < 1.29 is 9.53 Å². The summed E-state index contributed by atoms with van der Waals surface area (Å²) in [5.74, 6) is 0.647. The number of pyridine rings is 1. The average molecular weight is 426 g/mol. The number of hydrogen-bond acceptors (Lipinski definition) is 6. The third-order valence-corrected chi connectivity index (χ3v) is 5.96. The van der Waals surface area contributed by atoms with Crippen molar-refractivity contribution in [3.8, 4) is 5.75 Å². The van der Waals surface area contributed by atoms with Crippen LogP contribution in [0.15, 0.2) is 24.4 Å². The molecular formula is C22H27N5O2S. The SMILES string of the molecule is Cc1cc(C)n(Cc2cc(OC3CCCC3)cc(CC(=O)Nc3ncc(C)s3)n2)n1. The van der Waals surface area contributed by atoms with Crippen LogP contribution in [0.4, 0.5) is 5.13 Å². The van der Waals surface area contributed by atoms with Gasteiger partial charge in [0.05, 0.1) is 36.2 Å². The molecule has 3 heterocycles. The van der Waals surface area contributed by atoms with Crippen LogP contribution in [-0.4, -0.2) is 31.8 Å². The van der Waals surface area contributed by atoms with Gasteiger partial charge in [-0.1, -0.05) is 0 Å². The highest BCUT2D eigenvalue weighted by Crippen LogP contribution is 2.26.